The summed E-state index contributed by atoms with van der Waals surface area (Å²) in [7, 11) is 4.31. The van der Waals surface area contributed by atoms with Crippen LogP contribution in [0.25, 0.3) is 0 Å². The third kappa shape index (κ3) is 2.75. The van der Waals surface area contributed by atoms with Crippen LogP contribution in [0, 0.1) is 11.8 Å². The third-order valence-corrected chi connectivity index (χ3v) is 8.09. The minimum absolute atomic E-state index is 0.0620. The van der Waals surface area contributed by atoms with Crippen LogP contribution in [-0.4, -0.2) is 61.1 Å². The molecule has 5 rings (SSSR count). The molecule has 1 aromatic rings. The van der Waals surface area contributed by atoms with E-state index in [2.05, 4.69) is 54.2 Å². The lowest BCUT2D eigenvalue weighted by molar-refractivity contribution is -0.139. The van der Waals surface area contributed by atoms with Crippen molar-refractivity contribution in [3.8, 4) is 0 Å². The summed E-state index contributed by atoms with van der Waals surface area (Å²) in [5.74, 6) is 1.45. The first-order valence-electron chi connectivity index (χ1n) is 11.2. The predicted octanol–water partition coefficient (Wildman–Crippen LogP) is 3.46. The summed E-state index contributed by atoms with van der Waals surface area (Å²) in [5, 5.41) is 0. The standard InChI is InChI=1S/C24H34N2O2/c1-25(2)15-19-20-16-26(17-24(20)14-11-21(19)28-24)22(27)23(12-7-4-8-13-23)18-9-5-3-6-10-18/h3,5-6,9-10,19-21H,4,7-8,11-17H2,1-2H3/t19-,20+,21+,24+/m1/s1. The van der Waals surface area contributed by atoms with Crippen molar-refractivity contribution in [2.24, 2.45) is 11.8 Å². The van der Waals surface area contributed by atoms with Crippen molar-refractivity contribution < 1.29 is 9.53 Å². The van der Waals surface area contributed by atoms with E-state index in [9.17, 15) is 4.79 Å². The second kappa shape index (κ2) is 6.84. The number of nitrogens with zero attached hydrogens (tertiary/aromatic N) is 2. The molecular formula is C24H34N2O2. The molecule has 1 spiro atoms. The third-order valence-electron chi connectivity index (χ3n) is 8.09. The molecule has 4 atom stereocenters. The van der Waals surface area contributed by atoms with E-state index in [-0.39, 0.29) is 11.0 Å². The van der Waals surface area contributed by atoms with E-state index in [1.807, 2.05) is 0 Å². The van der Waals surface area contributed by atoms with Gasteiger partial charge in [-0.15, -0.1) is 0 Å². The van der Waals surface area contributed by atoms with Gasteiger partial charge in [0.15, 0.2) is 0 Å². The number of amides is 1. The van der Waals surface area contributed by atoms with Gasteiger partial charge in [-0.2, -0.15) is 0 Å². The van der Waals surface area contributed by atoms with Gasteiger partial charge in [-0.3, -0.25) is 4.79 Å². The van der Waals surface area contributed by atoms with Crippen molar-refractivity contribution in [3.05, 3.63) is 35.9 Å². The highest BCUT2D eigenvalue weighted by molar-refractivity contribution is 5.89. The van der Waals surface area contributed by atoms with E-state index in [0.717, 1.165) is 51.7 Å². The van der Waals surface area contributed by atoms with E-state index in [1.165, 1.54) is 18.4 Å². The molecule has 3 heterocycles. The number of fused-ring (bicyclic) bond motifs is 1. The van der Waals surface area contributed by atoms with E-state index < -0.39 is 0 Å². The van der Waals surface area contributed by atoms with Crippen molar-refractivity contribution in [1.82, 2.24) is 9.80 Å². The average Bonchev–Trinajstić information content (AvgIpc) is 3.38. The van der Waals surface area contributed by atoms with Gasteiger partial charge in [-0.1, -0.05) is 49.6 Å². The Labute approximate surface area is 169 Å². The van der Waals surface area contributed by atoms with Crippen LogP contribution in [0.3, 0.4) is 0 Å². The normalized spacial score (nSPS) is 36.1. The highest BCUT2D eigenvalue weighted by Gasteiger charge is 2.64. The predicted molar refractivity (Wildman–Crippen MR) is 110 cm³/mol. The molecule has 0 unspecified atom stereocenters. The summed E-state index contributed by atoms with van der Waals surface area (Å²) in [6.45, 7) is 2.77. The van der Waals surface area contributed by atoms with Crippen LogP contribution in [0.2, 0.25) is 0 Å². The Hall–Kier alpha value is -1.39. The molecule has 1 amide bonds. The van der Waals surface area contributed by atoms with Crippen LogP contribution >= 0.6 is 0 Å². The maximum absolute atomic E-state index is 14.0. The molecule has 3 aliphatic heterocycles. The van der Waals surface area contributed by atoms with Gasteiger partial charge in [0.2, 0.25) is 5.91 Å². The minimum atomic E-state index is -0.316. The highest BCUT2D eigenvalue weighted by atomic mass is 16.5. The van der Waals surface area contributed by atoms with Crippen molar-refractivity contribution in [2.45, 2.75) is 62.1 Å². The lowest BCUT2D eigenvalue weighted by Crippen LogP contribution is -2.48. The minimum Gasteiger partial charge on any atom is -0.369 e. The van der Waals surface area contributed by atoms with Gasteiger partial charge in [0.1, 0.15) is 0 Å². The van der Waals surface area contributed by atoms with E-state index >= 15 is 0 Å². The Morgan fingerprint density at radius 1 is 1.14 bits per heavy atom. The molecule has 4 fully saturated rings. The van der Waals surface area contributed by atoms with Crippen LogP contribution in [0.4, 0.5) is 0 Å². The molecule has 1 saturated carbocycles. The lowest BCUT2D eigenvalue weighted by Gasteiger charge is -2.39. The van der Waals surface area contributed by atoms with Crippen molar-refractivity contribution in [1.29, 1.82) is 0 Å². The first-order valence-corrected chi connectivity index (χ1v) is 11.2. The number of likely N-dealkylation sites (tertiary alicyclic amines) is 1. The SMILES string of the molecule is CN(C)C[C@H]1[C@@H]2CC[C@@]3(CN(C(=O)C4(c5ccccc5)CCCCC4)C[C@@H]13)O2. The molecule has 152 valence electrons. The zero-order chi connectivity index (χ0) is 19.4. The lowest BCUT2D eigenvalue weighted by atomic mass is 9.68. The van der Waals surface area contributed by atoms with Crippen molar-refractivity contribution in [2.75, 3.05) is 33.7 Å². The second-order valence-corrected chi connectivity index (χ2v) is 9.99. The number of rotatable bonds is 4. The molecule has 4 nitrogen and oxygen atoms in total. The van der Waals surface area contributed by atoms with Crippen LogP contribution in [-0.2, 0) is 14.9 Å². The molecule has 0 N–H and O–H groups in total. The van der Waals surface area contributed by atoms with Gasteiger partial charge in [0.05, 0.1) is 23.7 Å². The molecule has 1 aromatic carbocycles. The summed E-state index contributed by atoms with van der Waals surface area (Å²) < 4.78 is 6.58. The maximum Gasteiger partial charge on any atom is 0.233 e. The van der Waals surface area contributed by atoms with Gasteiger partial charge in [0.25, 0.3) is 0 Å². The Morgan fingerprint density at radius 3 is 2.61 bits per heavy atom. The van der Waals surface area contributed by atoms with Crippen LogP contribution in [0.15, 0.2) is 30.3 Å². The van der Waals surface area contributed by atoms with Gasteiger partial charge < -0.3 is 14.5 Å². The number of benzene rings is 1. The summed E-state index contributed by atoms with van der Waals surface area (Å²) in [6, 6.07) is 10.6. The van der Waals surface area contributed by atoms with Gasteiger partial charge in [0, 0.05) is 24.9 Å². The summed E-state index contributed by atoms with van der Waals surface area (Å²) in [5.41, 5.74) is 0.849. The molecule has 0 aromatic heterocycles. The Morgan fingerprint density at radius 2 is 1.89 bits per heavy atom. The topological polar surface area (TPSA) is 32.8 Å². The van der Waals surface area contributed by atoms with Gasteiger partial charge in [-0.05, 0) is 45.3 Å². The fourth-order valence-corrected chi connectivity index (χ4v) is 6.85. The average molecular weight is 383 g/mol. The number of hydrogen-bond acceptors (Lipinski definition) is 3. The van der Waals surface area contributed by atoms with Gasteiger partial charge >= 0.3 is 0 Å². The molecular weight excluding hydrogens is 348 g/mol. The second-order valence-electron chi connectivity index (χ2n) is 9.99. The molecule has 4 heteroatoms. The number of carbonyl (C=O) groups excluding carboxylic acids is 1. The van der Waals surface area contributed by atoms with Gasteiger partial charge in [-0.25, -0.2) is 0 Å². The van der Waals surface area contributed by atoms with Crippen LogP contribution < -0.4 is 0 Å². The summed E-state index contributed by atoms with van der Waals surface area (Å²) in [4.78, 5) is 18.5. The molecule has 28 heavy (non-hydrogen) atoms. The largest absolute Gasteiger partial charge is 0.369 e. The summed E-state index contributed by atoms with van der Waals surface area (Å²) in [6.07, 6.45) is 8.26. The fraction of sp³-hybridized carbons (Fsp3) is 0.708. The Kier molecular flexibility index (Phi) is 4.55. The molecule has 0 radical (unpaired) electrons. The monoisotopic (exact) mass is 382 g/mol. The Balaban J connectivity index is 1.42. The van der Waals surface area contributed by atoms with Crippen molar-refractivity contribution in [3.63, 3.8) is 0 Å². The van der Waals surface area contributed by atoms with Crippen molar-refractivity contribution >= 4 is 5.91 Å². The molecule has 3 saturated heterocycles. The first-order chi connectivity index (χ1) is 13.5. The maximum atomic E-state index is 14.0. The quantitative estimate of drug-likeness (QED) is 0.800. The number of hydrogen-bond donors (Lipinski definition) is 0. The van der Waals surface area contributed by atoms with E-state index in [4.69, 9.17) is 4.74 Å². The van der Waals surface area contributed by atoms with Crippen LogP contribution in [0.1, 0.15) is 50.5 Å². The molecule has 2 bridgehead atoms. The first kappa shape index (κ1) is 18.6. The Bertz CT molecular complexity index is 727. The van der Waals surface area contributed by atoms with E-state index in [1.54, 1.807) is 0 Å². The number of ether oxygens (including phenoxy) is 1. The molecule has 1 aliphatic carbocycles. The highest BCUT2D eigenvalue weighted by Crippen LogP contribution is 2.56. The smallest absolute Gasteiger partial charge is 0.233 e. The zero-order valence-electron chi connectivity index (χ0n) is 17.4. The zero-order valence-corrected chi connectivity index (χ0v) is 17.4. The van der Waals surface area contributed by atoms with E-state index in [0.29, 0.717) is 23.8 Å². The fourth-order valence-electron chi connectivity index (χ4n) is 6.85. The summed E-state index contributed by atoms with van der Waals surface area (Å²) >= 11 is 0. The number of carbonyl (C=O) groups is 1. The van der Waals surface area contributed by atoms with Crippen LogP contribution in [0.5, 0.6) is 0 Å². The molecule has 4 aliphatic rings.